The van der Waals surface area contributed by atoms with Crippen molar-refractivity contribution in [3.8, 4) is 5.75 Å². The van der Waals surface area contributed by atoms with E-state index in [9.17, 15) is 31.5 Å². The average Bonchev–Trinajstić information content (AvgIpc) is 2.93. The minimum Gasteiger partial charge on any atom is -0.407 e. The molecule has 0 fully saturated rings. The van der Waals surface area contributed by atoms with Crippen LogP contribution in [0.1, 0.15) is 38.2 Å². The van der Waals surface area contributed by atoms with E-state index in [1.54, 1.807) is 43.3 Å². The van der Waals surface area contributed by atoms with Crippen LogP contribution < -0.4 is 15.4 Å². The molecule has 41 heavy (non-hydrogen) atoms. The molecule has 0 aliphatic heterocycles. The molecular weight excluding hydrogens is 543 g/mol. The van der Waals surface area contributed by atoms with Gasteiger partial charge < -0.3 is 15.4 Å². The molecule has 0 spiro atoms. The first-order chi connectivity index (χ1) is 19.4. The topological polar surface area (TPSA) is 67.4 Å². The Bertz CT molecular complexity index is 1550. The fraction of sp³-hybridized carbons (Fsp3) is 0.161. The monoisotopic (exact) mass is 568 g/mol. The van der Waals surface area contributed by atoms with Gasteiger partial charge in [-0.1, -0.05) is 48.5 Å². The minimum atomic E-state index is -4.69. The number of hydrogen-bond acceptors (Lipinski definition) is 3. The van der Waals surface area contributed by atoms with E-state index >= 15 is 0 Å². The lowest BCUT2D eigenvalue weighted by Gasteiger charge is -2.37. The maximum absolute atomic E-state index is 14.8. The lowest BCUT2D eigenvalue weighted by molar-refractivity contribution is -0.137. The van der Waals surface area contributed by atoms with Gasteiger partial charge in [-0.25, -0.2) is 13.6 Å². The van der Waals surface area contributed by atoms with Gasteiger partial charge in [0.1, 0.15) is 5.82 Å². The van der Waals surface area contributed by atoms with Crippen LogP contribution in [0.25, 0.3) is 0 Å². The van der Waals surface area contributed by atoms with Gasteiger partial charge in [-0.05, 0) is 71.6 Å². The quantitative estimate of drug-likeness (QED) is 0.238. The summed E-state index contributed by atoms with van der Waals surface area (Å²) in [5.41, 5.74) is -1.40. The van der Waals surface area contributed by atoms with Crippen LogP contribution in [0.3, 0.4) is 0 Å². The average molecular weight is 569 g/mol. The molecule has 0 heterocycles. The number of nitrogens with one attached hydrogen (secondary N) is 2. The second kappa shape index (κ2) is 11.8. The summed E-state index contributed by atoms with van der Waals surface area (Å²) >= 11 is 0. The van der Waals surface area contributed by atoms with E-state index in [0.29, 0.717) is 17.2 Å². The highest BCUT2D eigenvalue weighted by molar-refractivity contribution is 5.95. The molecule has 0 radical (unpaired) electrons. The zero-order valence-corrected chi connectivity index (χ0v) is 22.0. The van der Waals surface area contributed by atoms with Crippen molar-refractivity contribution in [3.05, 3.63) is 136 Å². The van der Waals surface area contributed by atoms with E-state index in [4.69, 9.17) is 4.74 Å². The Morgan fingerprint density at radius 1 is 0.805 bits per heavy atom. The van der Waals surface area contributed by atoms with Crippen LogP contribution in [0.4, 0.5) is 26.7 Å². The summed E-state index contributed by atoms with van der Waals surface area (Å²) in [7, 11) is 1.29. The first-order valence-electron chi connectivity index (χ1n) is 12.4. The summed E-state index contributed by atoms with van der Waals surface area (Å²) in [6.45, 7) is 1.64. The van der Waals surface area contributed by atoms with Crippen molar-refractivity contribution in [2.24, 2.45) is 0 Å². The Labute approximate surface area is 233 Å². The molecule has 1 atom stereocenters. The number of rotatable bonds is 7. The zero-order valence-electron chi connectivity index (χ0n) is 22.0. The maximum Gasteiger partial charge on any atom is 0.416 e. The second-order valence-electron chi connectivity index (χ2n) is 9.40. The number of aryl methyl sites for hydroxylation is 1. The third-order valence-electron chi connectivity index (χ3n) is 6.46. The van der Waals surface area contributed by atoms with Crippen LogP contribution in [-0.4, -0.2) is 19.0 Å². The van der Waals surface area contributed by atoms with Crippen LogP contribution in [0.2, 0.25) is 0 Å². The number of hydrogen-bond donors (Lipinski definition) is 2. The predicted molar refractivity (Wildman–Crippen MR) is 142 cm³/mol. The molecule has 4 aromatic carbocycles. The molecule has 0 aliphatic rings. The predicted octanol–water partition coefficient (Wildman–Crippen LogP) is 6.93. The fourth-order valence-electron chi connectivity index (χ4n) is 4.54. The van der Waals surface area contributed by atoms with E-state index in [1.165, 1.54) is 37.4 Å². The van der Waals surface area contributed by atoms with E-state index in [0.717, 1.165) is 18.2 Å². The van der Waals surface area contributed by atoms with Crippen molar-refractivity contribution in [1.29, 1.82) is 0 Å². The normalized spacial score (nSPS) is 12.8. The number of amides is 2. The lowest BCUT2D eigenvalue weighted by atomic mass is 9.77. The van der Waals surface area contributed by atoms with E-state index < -0.39 is 46.7 Å². The molecule has 0 bridgehead atoms. The fourth-order valence-corrected chi connectivity index (χ4v) is 4.54. The van der Waals surface area contributed by atoms with Crippen molar-refractivity contribution in [2.45, 2.75) is 25.1 Å². The van der Waals surface area contributed by atoms with E-state index in [-0.39, 0.29) is 23.1 Å². The van der Waals surface area contributed by atoms with Crippen molar-refractivity contribution in [3.63, 3.8) is 0 Å². The van der Waals surface area contributed by atoms with Gasteiger partial charge in [0, 0.05) is 19.0 Å². The Kier molecular flexibility index (Phi) is 8.41. The summed E-state index contributed by atoms with van der Waals surface area (Å²) in [5, 5.41) is 5.04. The van der Waals surface area contributed by atoms with Gasteiger partial charge in [0.15, 0.2) is 11.6 Å². The van der Waals surface area contributed by atoms with Crippen molar-refractivity contribution in [2.75, 3.05) is 7.05 Å². The number of carbonyl (C=O) groups excluding carboxylic acids is 2. The molecule has 0 unspecified atom stereocenters. The molecular formula is C31H25F5N2O3. The molecule has 10 heteroatoms. The minimum absolute atomic E-state index is 0.0213. The SMILES string of the molecule is CNC(=O)Oc1cc([C@@](Cc2ccccc2)(NC(=O)c2cccc(C(F)(F)F)c2)c2cc(C)cc(F)c2)ccc1F. The summed E-state index contributed by atoms with van der Waals surface area (Å²) < 4.78 is 75.0. The number of halogens is 5. The molecule has 4 rings (SSSR count). The second-order valence-corrected chi connectivity index (χ2v) is 9.40. The molecule has 5 nitrogen and oxygen atoms in total. The molecule has 212 valence electrons. The highest BCUT2D eigenvalue weighted by atomic mass is 19.4. The molecule has 0 saturated heterocycles. The number of ether oxygens (including phenoxy) is 1. The van der Waals surface area contributed by atoms with Gasteiger partial charge in [0.25, 0.3) is 5.91 Å². The van der Waals surface area contributed by atoms with Crippen LogP contribution in [0, 0.1) is 18.6 Å². The van der Waals surface area contributed by atoms with Gasteiger partial charge in [0.05, 0.1) is 11.1 Å². The van der Waals surface area contributed by atoms with Crippen molar-refractivity contribution >= 4 is 12.0 Å². The lowest BCUT2D eigenvalue weighted by Crippen LogP contribution is -2.49. The van der Waals surface area contributed by atoms with Crippen LogP contribution in [0.5, 0.6) is 5.75 Å². The summed E-state index contributed by atoms with van der Waals surface area (Å²) in [6, 6.07) is 20.3. The summed E-state index contributed by atoms with van der Waals surface area (Å²) in [5.74, 6) is -2.88. The zero-order chi connectivity index (χ0) is 29.8. The Hall–Kier alpha value is -4.73. The van der Waals surface area contributed by atoms with Crippen LogP contribution >= 0.6 is 0 Å². The van der Waals surface area contributed by atoms with Gasteiger partial charge in [-0.3, -0.25) is 4.79 Å². The Balaban J connectivity index is 1.97. The van der Waals surface area contributed by atoms with Crippen LogP contribution in [-0.2, 0) is 18.1 Å². The van der Waals surface area contributed by atoms with E-state index in [1.807, 2.05) is 0 Å². The Morgan fingerprint density at radius 2 is 1.54 bits per heavy atom. The first kappa shape index (κ1) is 29.3. The molecule has 0 aromatic heterocycles. The first-order valence-corrected chi connectivity index (χ1v) is 12.4. The largest absolute Gasteiger partial charge is 0.416 e. The molecule has 4 aromatic rings. The summed E-state index contributed by atoms with van der Waals surface area (Å²) in [6.07, 6.45) is -5.67. The molecule has 0 aliphatic carbocycles. The molecule has 2 N–H and O–H groups in total. The van der Waals surface area contributed by atoms with Crippen molar-refractivity contribution in [1.82, 2.24) is 10.6 Å². The van der Waals surface area contributed by atoms with Crippen molar-refractivity contribution < 1.29 is 36.3 Å². The van der Waals surface area contributed by atoms with E-state index in [2.05, 4.69) is 10.6 Å². The maximum atomic E-state index is 14.8. The molecule has 2 amide bonds. The third-order valence-corrected chi connectivity index (χ3v) is 6.46. The van der Waals surface area contributed by atoms with Gasteiger partial charge in [-0.2, -0.15) is 13.2 Å². The van der Waals surface area contributed by atoms with Gasteiger partial charge >= 0.3 is 12.3 Å². The number of alkyl halides is 3. The van der Waals surface area contributed by atoms with Gasteiger partial charge in [0.2, 0.25) is 0 Å². The number of carbonyl (C=O) groups is 2. The Morgan fingerprint density at radius 3 is 2.20 bits per heavy atom. The number of benzene rings is 4. The summed E-state index contributed by atoms with van der Waals surface area (Å²) in [4.78, 5) is 25.6. The standard InChI is InChI=1S/C31H25F5N2O3/c1-19-13-24(16-25(32)14-19)30(18-20-7-4-3-5-8-20,22-11-12-26(33)27(17-22)41-29(40)37-2)38-28(39)21-9-6-10-23(15-21)31(34,35)36/h3-17H,18H2,1-2H3,(H,37,40)(H,38,39)/t30-/m1/s1. The van der Waals surface area contributed by atoms with Crippen LogP contribution in [0.15, 0.2) is 91.0 Å². The van der Waals surface area contributed by atoms with Gasteiger partial charge in [-0.15, -0.1) is 0 Å². The smallest absolute Gasteiger partial charge is 0.407 e. The highest BCUT2D eigenvalue weighted by Gasteiger charge is 2.39. The highest BCUT2D eigenvalue weighted by Crippen LogP contribution is 2.38. The molecule has 0 saturated carbocycles. The third kappa shape index (κ3) is 6.71.